The third-order valence-corrected chi connectivity index (χ3v) is 8.01. The molecule has 0 spiro atoms. The quantitative estimate of drug-likeness (QED) is 0.578. The van der Waals surface area contributed by atoms with Crippen molar-refractivity contribution in [1.82, 2.24) is 9.62 Å². The highest BCUT2D eigenvalue weighted by atomic mass is 35.5. The molecule has 0 bridgehead atoms. The van der Waals surface area contributed by atoms with Crippen molar-refractivity contribution in [1.29, 1.82) is 0 Å². The molecule has 1 fully saturated rings. The summed E-state index contributed by atoms with van der Waals surface area (Å²) in [6, 6.07) is 11.0. The molecule has 8 nitrogen and oxygen atoms in total. The third-order valence-electron chi connectivity index (χ3n) is 5.69. The average Bonchev–Trinajstić information content (AvgIpc) is 2.80. The number of hydrogen-bond acceptors (Lipinski definition) is 5. The maximum absolute atomic E-state index is 12.9. The minimum atomic E-state index is -3.71. The van der Waals surface area contributed by atoms with Crippen LogP contribution in [0.5, 0.6) is 0 Å². The van der Waals surface area contributed by atoms with Crippen LogP contribution < -0.4 is 10.6 Å². The number of halogens is 1. The number of carbonyl (C=O) groups is 3. The minimum Gasteiger partial charge on any atom is -0.347 e. The standard InChI is InChI=1S/C23H26ClN3O5S/c1-15-20(24)4-3-5-21(15)26-22(29)14-25-23(30)18-10-12-27(13-11-18)33(31,32)19-8-6-17(7-9-19)16(2)28/h3-9,18H,10-14H2,1-2H3,(H,25,30)(H,26,29). The molecule has 2 amide bonds. The lowest BCUT2D eigenvalue weighted by Crippen LogP contribution is -2.44. The fourth-order valence-electron chi connectivity index (χ4n) is 3.62. The zero-order chi connectivity index (χ0) is 24.2. The summed E-state index contributed by atoms with van der Waals surface area (Å²) < 4.78 is 27.1. The Morgan fingerprint density at radius 3 is 2.30 bits per heavy atom. The number of ketones is 1. The first-order valence-electron chi connectivity index (χ1n) is 10.5. The lowest BCUT2D eigenvalue weighted by molar-refractivity contribution is -0.128. The molecular formula is C23H26ClN3O5S. The fourth-order valence-corrected chi connectivity index (χ4v) is 5.26. The smallest absolute Gasteiger partial charge is 0.243 e. The number of anilines is 1. The lowest BCUT2D eigenvalue weighted by Gasteiger charge is -2.30. The van der Waals surface area contributed by atoms with E-state index in [0.717, 1.165) is 5.56 Å². The number of nitrogens with one attached hydrogen (secondary N) is 2. The Morgan fingerprint density at radius 1 is 1.06 bits per heavy atom. The number of nitrogens with zero attached hydrogens (tertiary/aromatic N) is 1. The Morgan fingerprint density at radius 2 is 1.70 bits per heavy atom. The average molecular weight is 492 g/mol. The number of carbonyl (C=O) groups excluding carboxylic acids is 3. The highest BCUT2D eigenvalue weighted by Gasteiger charge is 2.32. The highest BCUT2D eigenvalue weighted by Crippen LogP contribution is 2.25. The number of piperidine rings is 1. The van der Waals surface area contributed by atoms with E-state index in [1.165, 1.54) is 35.5 Å². The first kappa shape index (κ1) is 24.9. The van der Waals surface area contributed by atoms with Crippen LogP contribution >= 0.6 is 11.6 Å². The van der Waals surface area contributed by atoms with Gasteiger partial charge in [0.05, 0.1) is 11.4 Å². The predicted octanol–water partition coefficient (Wildman–Crippen LogP) is 3.01. The second-order valence-electron chi connectivity index (χ2n) is 7.94. The van der Waals surface area contributed by atoms with Gasteiger partial charge in [0, 0.05) is 35.3 Å². The van der Waals surface area contributed by atoms with Gasteiger partial charge in [-0.1, -0.05) is 29.8 Å². The number of amides is 2. The van der Waals surface area contributed by atoms with E-state index in [2.05, 4.69) is 10.6 Å². The van der Waals surface area contributed by atoms with E-state index in [4.69, 9.17) is 11.6 Å². The van der Waals surface area contributed by atoms with Crippen molar-refractivity contribution in [2.24, 2.45) is 5.92 Å². The van der Waals surface area contributed by atoms with Gasteiger partial charge in [0.2, 0.25) is 21.8 Å². The Kier molecular flexibility index (Phi) is 7.88. The normalized spacial score (nSPS) is 15.1. The second-order valence-corrected chi connectivity index (χ2v) is 10.3. The molecule has 176 valence electrons. The third kappa shape index (κ3) is 5.98. The van der Waals surface area contributed by atoms with E-state index < -0.39 is 10.0 Å². The summed E-state index contributed by atoms with van der Waals surface area (Å²) in [5.74, 6) is -1.17. The molecular weight excluding hydrogens is 466 g/mol. The van der Waals surface area contributed by atoms with Crippen molar-refractivity contribution in [3.63, 3.8) is 0 Å². The summed E-state index contributed by atoms with van der Waals surface area (Å²) in [5.41, 5.74) is 1.76. The lowest BCUT2D eigenvalue weighted by atomic mass is 9.97. The predicted molar refractivity (Wildman–Crippen MR) is 126 cm³/mol. The Balaban J connectivity index is 1.50. The Hall–Kier alpha value is -2.75. The molecule has 2 aromatic carbocycles. The number of benzene rings is 2. The van der Waals surface area contributed by atoms with Gasteiger partial charge in [-0.2, -0.15) is 4.31 Å². The summed E-state index contributed by atoms with van der Waals surface area (Å²) in [4.78, 5) is 36.2. The van der Waals surface area contributed by atoms with E-state index >= 15 is 0 Å². The van der Waals surface area contributed by atoms with Crippen LogP contribution in [0.4, 0.5) is 5.69 Å². The SMILES string of the molecule is CC(=O)c1ccc(S(=O)(=O)N2CCC(C(=O)NCC(=O)Nc3cccc(Cl)c3C)CC2)cc1. The number of rotatable bonds is 7. The number of hydrogen-bond donors (Lipinski definition) is 2. The van der Waals surface area contributed by atoms with Crippen molar-refractivity contribution < 1.29 is 22.8 Å². The molecule has 0 radical (unpaired) electrons. The summed E-state index contributed by atoms with van der Waals surface area (Å²) in [6.45, 7) is 3.41. The summed E-state index contributed by atoms with van der Waals surface area (Å²) >= 11 is 6.05. The molecule has 3 rings (SSSR count). The van der Waals surface area contributed by atoms with Gasteiger partial charge < -0.3 is 10.6 Å². The molecule has 1 saturated heterocycles. The maximum atomic E-state index is 12.9. The highest BCUT2D eigenvalue weighted by molar-refractivity contribution is 7.89. The number of sulfonamides is 1. The van der Waals surface area contributed by atoms with Crippen LogP contribution in [0.1, 0.15) is 35.7 Å². The van der Waals surface area contributed by atoms with Gasteiger partial charge in [0.25, 0.3) is 0 Å². The minimum absolute atomic E-state index is 0.114. The molecule has 1 aliphatic rings. The van der Waals surface area contributed by atoms with E-state index in [1.54, 1.807) is 25.1 Å². The molecule has 33 heavy (non-hydrogen) atoms. The van der Waals surface area contributed by atoms with Crippen molar-refractivity contribution >= 4 is 44.9 Å². The Bertz CT molecular complexity index is 1160. The maximum Gasteiger partial charge on any atom is 0.243 e. The molecule has 10 heteroatoms. The van der Waals surface area contributed by atoms with Gasteiger partial charge in [-0.05, 0) is 56.5 Å². The van der Waals surface area contributed by atoms with Crippen molar-refractivity contribution in [2.45, 2.75) is 31.6 Å². The van der Waals surface area contributed by atoms with Crippen LogP contribution in [0.25, 0.3) is 0 Å². The topological polar surface area (TPSA) is 113 Å². The fraction of sp³-hybridized carbons (Fsp3) is 0.348. The van der Waals surface area contributed by atoms with E-state index in [9.17, 15) is 22.8 Å². The molecule has 0 aliphatic carbocycles. The van der Waals surface area contributed by atoms with Gasteiger partial charge >= 0.3 is 0 Å². The van der Waals surface area contributed by atoms with Crippen molar-refractivity contribution in [2.75, 3.05) is 25.0 Å². The molecule has 2 aromatic rings. The van der Waals surface area contributed by atoms with Crippen LogP contribution in [-0.4, -0.2) is 50.0 Å². The van der Waals surface area contributed by atoms with Crippen LogP contribution in [0.2, 0.25) is 5.02 Å². The molecule has 1 heterocycles. The second kappa shape index (κ2) is 10.5. The van der Waals surface area contributed by atoms with Crippen molar-refractivity contribution in [3.8, 4) is 0 Å². The molecule has 0 aromatic heterocycles. The van der Waals surface area contributed by atoms with Gasteiger partial charge in [0.1, 0.15) is 0 Å². The molecule has 0 saturated carbocycles. The molecule has 1 aliphatic heterocycles. The molecule has 2 N–H and O–H groups in total. The largest absolute Gasteiger partial charge is 0.347 e. The van der Waals surface area contributed by atoms with Gasteiger partial charge in [-0.3, -0.25) is 14.4 Å². The van der Waals surface area contributed by atoms with Gasteiger partial charge in [-0.25, -0.2) is 8.42 Å². The van der Waals surface area contributed by atoms with Gasteiger partial charge in [0.15, 0.2) is 5.78 Å². The summed E-state index contributed by atoms with van der Waals surface area (Å²) in [7, 11) is -3.71. The zero-order valence-electron chi connectivity index (χ0n) is 18.4. The Labute approximate surface area is 198 Å². The summed E-state index contributed by atoms with van der Waals surface area (Å²) in [5, 5.41) is 5.88. The van der Waals surface area contributed by atoms with Crippen LogP contribution in [0.15, 0.2) is 47.4 Å². The number of Topliss-reactive ketones (excluding diaryl/α,β-unsaturated/α-hetero) is 1. The van der Waals surface area contributed by atoms with Crippen LogP contribution in [-0.2, 0) is 19.6 Å². The van der Waals surface area contributed by atoms with Crippen LogP contribution in [0.3, 0.4) is 0 Å². The summed E-state index contributed by atoms with van der Waals surface area (Å²) in [6.07, 6.45) is 0.706. The van der Waals surface area contributed by atoms with Crippen molar-refractivity contribution in [3.05, 3.63) is 58.6 Å². The molecule has 0 unspecified atom stereocenters. The zero-order valence-corrected chi connectivity index (χ0v) is 20.0. The monoisotopic (exact) mass is 491 g/mol. The van der Waals surface area contributed by atoms with Crippen LogP contribution in [0, 0.1) is 12.8 Å². The van der Waals surface area contributed by atoms with E-state index in [0.29, 0.717) is 29.1 Å². The van der Waals surface area contributed by atoms with Gasteiger partial charge in [-0.15, -0.1) is 0 Å². The first-order chi connectivity index (χ1) is 15.6. The first-order valence-corrected chi connectivity index (χ1v) is 12.3. The van der Waals surface area contributed by atoms with E-state index in [-0.39, 0.29) is 48.0 Å². The molecule has 0 atom stereocenters. The van der Waals surface area contributed by atoms with E-state index in [1.807, 2.05) is 0 Å².